The first kappa shape index (κ1) is 25.0. The summed E-state index contributed by atoms with van der Waals surface area (Å²) in [6, 6.07) is 17.6. The molecule has 9 nitrogen and oxygen atoms in total. The van der Waals surface area contributed by atoms with Crippen LogP contribution in [0.1, 0.15) is 10.4 Å². The molecule has 11 heteroatoms. The molecule has 0 atom stereocenters. The molecule has 0 aliphatic carbocycles. The van der Waals surface area contributed by atoms with Crippen LogP contribution >= 0.6 is 11.3 Å². The Labute approximate surface area is 212 Å². The average Bonchev–Trinajstić information content (AvgIpc) is 3.36. The number of thiazole rings is 1. The number of anilines is 2. The summed E-state index contributed by atoms with van der Waals surface area (Å²) >= 11 is 1.23. The number of rotatable bonds is 9. The van der Waals surface area contributed by atoms with Crippen LogP contribution in [0.2, 0.25) is 0 Å². The summed E-state index contributed by atoms with van der Waals surface area (Å²) < 4.78 is 44.1. The van der Waals surface area contributed by atoms with Crippen LogP contribution in [0.25, 0.3) is 11.3 Å². The standard InChI is InChI=1S/C25H23N3O6S2/c1-32-16-8-11-18(12-9-16)36(30,31)28-21-7-5-4-6-19(21)24(29)27-25-26-22(15-35-25)20-14-17(33-2)10-13-23(20)34-3/h4-15,28H,1-3H3,(H,26,27,29). The van der Waals surface area contributed by atoms with Crippen LogP contribution < -0.4 is 24.2 Å². The highest BCUT2D eigenvalue weighted by Crippen LogP contribution is 2.35. The summed E-state index contributed by atoms with van der Waals surface area (Å²) in [5.41, 5.74) is 1.59. The molecule has 0 saturated heterocycles. The van der Waals surface area contributed by atoms with Crippen LogP contribution in [0.3, 0.4) is 0 Å². The van der Waals surface area contributed by atoms with Crippen LogP contribution in [0.4, 0.5) is 10.8 Å². The van der Waals surface area contributed by atoms with Gasteiger partial charge in [0.25, 0.3) is 15.9 Å². The molecule has 2 N–H and O–H groups in total. The van der Waals surface area contributed by atoms with Crippen molar-refractivity contribution < 1.29 is 27.4 Å². The summed E-state index contributed by atoms with van der Waals surface area (Å²) in [6.07, 6.45) is 0. The second-order valence-corrected chi connectivity index (χ2v) is 9.93. The number of benzene rings is 3. The van der Waals surface area contributed by atoms with Crippen LogP contribution in [-0.2, 0) is 10.0 Å². The molecule has 4 rings (SSSR count). The van der Waals surface area contributed by atoms with Crippen LogP contribution in [0.15, 0.2) is 77.0 Å². The van der Waals surface area contributed by atoms with Gasteiger partial charge in [-0.2, -0.15) is 0 Å². The number of amides is 1. The smallest absolute Gasteiger partial charge is 0.261 e. The van der Waals surface area contributed by atoms with E-state index in [-0.39, 0.29) is 16.1 Å². The summed E-state index contributed by atoms with van der Waals surface area (Å²) in [5.74, 6) is 1.27. The fraction of sp³-hybridized carbons (Fsp3) is 0.120. The average molecular weight is 526 g/mol. The number of sulfonamides is 1. The van der Waals surface area contributed by atoms with E-state index in [4.69, 9.17) is 14.2 Å². The van der Waals surface area contributed by atoms with Gasteiger partial charge in [-0.05, 0) is 54.6 Å². The molecule has 0 aliphatic heterocycles. The molecule has 0 aliphatic rings. The lowest BCUT2D eigenvalue weighted by molar-refractivity contribution is 0.102. The first-order valence-electron chi connectivity index (χ1n) is 10.6. The van der Waals surface area contributed by atoms with Gasteiger partial charge in [0.2, 0.25) is 0 Å². The van der Waals surface area contributed by atoms with Crippen molar-refractivity contribution in [2.24, 2.45) is 0 Å². The molecule has 1 heterocycles. The van der Waals surface area contributed by atoms with Crippen molar-refractivity contribution >= 4 is 38.1 Å². The number of methoxy groups -OCH3 is 3. The number of carbonyl (C=O) groups excluding carboxylic acids is 1. The Kier molecular flexibility index (Phi) is 7.41. The van der Waals surface area contributed by atoms with Crippen LogP contribution in [0, 0.1) is 0 Å². The molecule has 0 bridgehead atoms. The molecule has 0 spiro atoms. The number of carbonyl (C=O) groups is 1. The topological polar surface area (TPSA) is 116 Å². The highest BCUT2D eigenvalue weighted by atomic mass is 32.2. The van der Waals surface area contributed by atoms with Crippen molar-refractivity contribution in [2.45, 2.75) is 4.90 Å². The molecule has 186 valence electrons. The van der Waals surface area contributed by atoms with E-state index in [0.29, 0.717) is 33.6 Å². The highest BCUT2D eigenvalue weighted by molar-refractivity contribution is 7.92. The van der Waals surface area contributed by atoms with Gasteiger partial charge in [-0.3, -0.25) is 14.8 Å². The zero-order chi connectivity index (χ0) is 25.7. The Hall–Kier alpha value is -4.09. The van der Waals surface area contributed by atoms with Gasteiger partial charge in [0, 0.05) is 10.9 Å². The van der Waals surface area contributed by atoms with Gasteiger partial charge in [0.15, 0.2) is 5.13 Å². The lowest BCUT2D eigenvalue weighted by Gasteiger charge is -2.12. The van der Waals surface area contributed by atoms with Gasteiger partial charge in [0.05, 0.1) is 43.2 Å². The van der Waals surface area contributed by atoms with Crippen molar-refractivity contribution in [1.29, 1.82) is 0 Å². The van der Waals surface area contributed by atoms with Gasteiger partial charge in [0.1, 0.15) is 17.2 Å². The number of ether oxygens (including phenoxy) is 3. The lowest BCUT2D eigenvalue weighted by Crippen LogP contribution is -2.18. The number of hydrogen-bond acceptors (Lipinski definition) is 8. The van der Waals surface area contributed by atoms with E-state index in [1.165, 1.54) is 42.7 Å². The molecule has 4 aromatic rings. The van der Waals surface area contributed by atoms with Gasteiger partial charge in [-0.25, -0.2) is 13.4 Å². The van der Waals surface area contributed by atoms with Gasteiger partial charge in [-0.1, -0.05) is 12.1 Å². The number of para-hydroxylation sites is 1. The maximum Gasteiger partial charge on any atom is 0.261 e. The van der Waals surface area contributed by atoms with E-state index in [2.05, 4.69) is 15.0 Å². The maximum absolute atomic E-state index is 13.1. The fourth-order valence-electron chi connectivity index (χ4n) is 3.36. The van der Waals surface area contributed by atoms with Gasteiger partial charge < -0.3 is 14.2 Å². The normalized spacial score (nSPS) is 11.0. The number of aromatic nitrogens is 1. The lowest BCUT2D eigenvalue weighted by atomic mass is 10.1. The molecule has 1 aromatic heterocycles. The van der Waals surface area contributed by atoms with E-state index in [1.54, 1.807) is 62.1 Å². The van der Waals surface area contributed by atoms with Crippen molar-refractivity contribution in [1.82, 2.24) is 4.98 Å². The first-order valence-corrected chi connectivity index (χ1v) is 13.0. The van der Waals surface area contributed by atoms with Crippen LogP contribution in [0.5, 0.6) is 17.2 Å². The van der Waals surface area contributed by atoms with Crippen molar-refractivity contribution in [3.8, 4) is 28.5 Å². The molecule has 3 aromatic carbocycles. The second-order valence-electron chi connectivity index (χ2n) is 7.38. The summed E-state index contributed by atoms with van der Waals surface area (Å²) in [4.78, 5) is 17.6. The van der Waals surface area contributed by atoms with Gasteiger partial charge in [-0.15, -0.1) is 11.3 Å². The molecule has 0 unspecified atom stereocenters. The molecule has 0 fully saturated rings. The largest absolute Gasteiger partial charge is 0.497 e. The number of nitrogens with one attached hydrogen (secondary N) is 2. The minimum Gasteiger partial charge on any atom is -0.497 e. The Morgan fingerprint density at radius 2 is 1.58 bits per heavy atom. The Balaban J connectivity index is 1.56. The maximum atomic E-state index is 13.1. The number of hydrogen-bond donors (Lipinski definition) is 2. The molecule has 1 amide bonds. The minimum atomic E-state index is -3.94. The Morgan fingerprint density at radius 1 is 0.889 bits per heavy atom. The SMILES string of the molecule is COc1ccc(S(=O)(=O)Nc2ccccc2C(=O)Nc2nc(-c3cc(OC)ccc3OC)cs2)cc1. The summed E-state index contributed by atoms with van der Waals surface area (Å²) in [6.45, 7) is 0. The van der Waals surface area contributed by atoms with E-state index in [1.807, 2.05) is 0 Å². The zero-order valence-electron chi connectivity index (χ0n) is 19.6. The Morgan fingerprint density at radius 3 is 2.28 bits per heavy atom. The van der Waals surface area contributed by atoms with E-state index < -0.39 is 15.9 Å². The molecular weight excluding hydrogens is 502 g/mol. The first-order chi connectivity index (χ1) is 17.3. The third kappa shape index (κ3) is 5.42. The minimum absolute atomic E-state index is 0.0373. The third-order valence-corrected chi connectivity index (χ3v) is 7.33. The Bertz CT molecular complexity index is 1480. The van der Waals surface area contributed by atoms with Crippen molar-refractivity contribution in [2.75, 3.05) is 31.4 Å². The summed E-state index contributed by atoms with van der Waals surface area (Å²) in [7, 11) is 0.685. The highest BCUT2D eigenvalue weighted by Gasteiger charge is 2.20. The predicted molar refractivity (Wildman–Crippen MR) is 139 cm³/mol. The van der Waals surface area contributed by atoms with Crippen molar-refractivity contribution in [3.05, 3.63) is 77.7 Å². The van der Waals surface area contributed by atoms with Crippen LogP contribution in [-0.4, -0.2) is 40.6 Å². The van der Waals surface area contributed by atoms with Gasteiger partial charge >= 0.3 is 0 Å². The van der Waals surface area contributed by atoms with E-state index in [9.17, 15) is 13.2 Å². The number of nitrogens with zero attached hydrogens (tertiary/aromatic N) is 1. The van der Waals surface area contributed by atoms with Crippen molar-refractivity contribution in [3.63, 3.8) is 0 Å². The molecule has 0 radical (unpaired) electrons. The zero-order valence-corrected chi connectivity index (χ0v) is 21.3. The quantitative estimate of drug-likeness (QED) is 0.320. The predicted octanol–water partition coefficient (Wildman–Crippen LogP) is 4.89. The molecule has 36 heavy (non-hydrogen) atoms. The fourth-order valence-corrected chi connectivity index (χ4v) is 5.15. The van der Waals surface area contributed by atoms with E-state index in [0.717, 1.165) is 0 Å². The third-order valence-electron chi connectivity index (χ3n) is 5.19. The monoisotopic (exact) mass is 525 g/mol. The molecule has 0 saturated carbocycles. The second kappa shape index (κ2) is 10.7. The summed E-state index contributed by atoms with van der Waals surface area (Å²) in [5, 5.41) is 4.86. The molecular formula is C25H23N3O6S2. The van der Waals surface area contributed by atoms with E-state index >= 15 is 0 Å².